The lowest BCUT2D eigenvalue weighted by Crippen LogP contribution is -2.54. The number of fused-ring (bicyclic) bond motifs is 1. The lowest BCUT2D eigenvalue weighted by Gasteiger charge is -2.44. The highest BCUT2D eigenvalue weighted by Gasteiger charge is 2.56. The van der Waals surface area contributed by atoms with E-state index in [2.05, 4.69) is 25.0 Å². The molecule has 0 radical (unpaired) electrons. The number of hydrogen-bond donors (Lipinski definition) is 2. The highest BCUT2D eigenvalue weighted by molar-refractivity contribution is 7.10. The molecule has 0 aliphatic carbocycles. The van der Waals surface area contributed by atoms with E-state index in [0.717, 1.165) is 17.5 Å². The Morgan fingerprint density at radius 1 is 1.41 bits per heavy atom. The molecule has 0 spiro atoms. The van der Waals surface area contributed by atoms with E-state index in [1.54, 1.807) is 0 Å². The van der Waals surface area contributed by atoms with E-state index in [9.17, 15) is 26.7 Å². The van der Waals surface area contributed by atoms with E-state index in [1.165, 1.54) is 18.4 Å². The Morgan fingerprint density at radius 2 is 2.18 bits per heavy atom. The van der Waals surface area contributed by atoms with Gasteiger partial charge in [-0.2, -0.15) is 22.0 Å². The number of carbonyl (C=O) groups excluding carboxylic acids is 1. The number of nitrogens with two attached hydrogens (primary N) is 1. The zero-order valence-electron chi connectivity index (χ0n) is 17.4. The van der Waals surface area contributed by atoms with Crippen LogP contribution in [0.25, 0.3) is 0 Å². The lowest BCUT2D eigenvalue weighted by atomic mass is 9.79. The summed E-state index contributed by atoms with van der Waals surface area (Å²) in [7, 11) is 0. The van der Waals surface area contributed by atoms with Crippen LogP contribution >= 0.6 is 11.3 Å². The summed E-state index contributed by atoms with van der Waals surface area (Å²) < 4.78 is 78.8. The molecule has 1 amide bonds. The average Bonchev–Trinajstić information content (AvgIpc) is 3.21. The SMILES string of the molecule is Cc1cc(OC(F)F)cnc1C(=O)Nc1csc([C@@]23COC(C(F)(F)F)C[C@@H]2COC(N)=N3)n1. The molecule has 2 aromatic heterocycles. The Kier molecular flexibility index (Phi) is 6.33. The topological polar surface area (TPSA) is 121 Å². The first-order valence-corrected chi connectivity index (χ1v) is 10.7. The van der Waals surface area contributed by atoms with Crippen LogP contribution in [0.2, 0.25) is 0 Å². The van der Waals surface area contributed by atoms with E-state index in [4.69, 9.17) is 15.2 Å². The van der Waals surface area contributed by atoms with E-state index in [0.29, 0.717) is 5.01 Å². The van der Waals surface area contributed by atoms with Crippen molar-refractivity contribution in [2.24, 2.45) is 16.6 Å². The molecule has 3 N–H and O–H groups in total. The summed E-state index contributed by atoms with van der Waals surface area (Å²) in [5, 5.41) is 4.31. The maximum Gasteiger partial charge on any atom is 0.414 e. The quantitative estimate of drug-likeness (QED) is 0.597. The van der Waals surface area contributed by atoms with Crippen LogP contribution in [0.3, 0.4) is 0 Å². The number of thiazole rings is 1. The Labute approximate surface area is 193 Å². The molecule has 1 unspecified atom stereocenters. The van der Waals surface area contributed by atoms with E-state index in [-0.39, 0.29) is 35.5 Å². The zero-order valence-corrected chi connectivity index (χ0v) is 18.3. The Bertz CT molecular complexity index is 1110. The fourth-order valence-corrected chi connectivity index (χ4v) is 4.74. The monoisotopic (exact) mass is 507 g/mol. The molecular formula is C19H18F5N5O4S. The van der Waals surface area contributed by atoms with Gasteiger partial charge in [0, 0.05) is 11.3 Å². The molecule has 2 aliphatic heterocycles. The summed E-state index contributed by atoms with van der Waals surface area (Å²) in [5.74, 6) is -1.47. The number of anilines is 1. The van der Waals surface area contributed by atoms with Crippen LogP contribution in [-0.2, 0) is 15.0 Å². The number of rotatable bonds is 5. The van der Waals surface area contributed by atoms with Crippen molar-refractivity contribution in [2.45, 2.75) is 37.8 Å². The number of aryl methyl sites for hydroxylation is 1. The molecule has 2 aromatic rings. The number of halogens is 5. The van der Waals surface area contributed by atoms with E-state index < -0.39 is 49.3 Å². The molecule has 9 nitrogen and oxygen atoms in total. The largest absolute Gasteiger partial charge is 0.465 e. The van der Waals surface area contributed by atoms with Gasteiger partial charge in [-0.1, -0.05) is 0 Å². The Morgan fingerprint density at radius 3 is 2.85 bits per heavy atom. The van der Waals surface area contributed by atoms with Gasteiger partial charge in [0.1, 0.15) is 27.8 Å². The van der Waals surface area contributed by atoms with Crippen LogP contribution in [0.1, 0.15) is 27.5 Å². The molecule has 34 heavy (non-hydrogen) atoms. The number of aliphatic imine (C=N–C) groups is 1. The predicted molar refractivity (Wildman–Crippen MR) is 109 cm³/mol. The molecule has 0 bridgehead atoms. The fourth-order valence-electron chi connectivity index (χ4n) is 3.78. The van der Waals surface area contributed by atoms with Crippen molar-refractivity contribution in [1.82, 2.24) is 9.97 Å². The Balaban J connectivity index is 1.54. The standard InChI is InChI=1S/C19H18F5N5O4S/c1-8-2-10(33-16(20)21)4-26-13(8)14(30)27-12-6-34-15(28-12)18-7-32-11(19(22,23)24)3-9(18)5-31-17(25)29-18/h2,4,6,9,11,16H,3,5,7H2,1H3,(H2,25,29)(H,27,30)/t9-,11?,18-/m1/s1. The summed E-state index contributed by atoms with van der Waals surface area (Å²) in [5.41, 5.74) is 4.64. The number of nitrogens with one attached hydrogen (secondary N) is 1. The third-order valence-corrected chi connectivity index (χ3v) is 6.40. The molecule has 1 saturated heterocycles. The van der Waals surface area contributed by atoms with E-state index in [1.807, 2.05) is 0 Å². The van der Waals surface area contributed by atoms with Crippen LogP contribution in [0.15, 0.2) is 22.6 Å². The van der Waals surface area contributed by atoms with Crippen LogP contribution in [0.5, 0.6) is 5.75 Å². The minimum absolute atomic E-state index is 0.0467. The van der Waals surface area contributed by atoms with Crippen molar-refractivity contribution in [3.63, 3.8) is 0 Å². The molecule has 184 valence electrons. The number of amidine groups is 1. The second-order valence-corrected chi connectivity index (χ2v) is 8.52. The minimum atomic E-state index is -4.54. The van der Waals surface area contributed by atoms with Gasteiger partial charge in [-0.05, 0) is 25.0 Å². The normalized spacial score (nSPS) is 24.7. The second-order valence-electron chi connectivity index (χ2n) is 7.67. The summed E-state index contributed by atoms with van der Waals surface area (Å²) in [6, 6.07) is 1.04. The first-order chi connectivity index (χ1) is 16.0. The fraction of sp³-hybridized carbons (Fsp3) is 0.474. The molecule has 0 saturated carbocycles. The van der Waals surface area contributed by atoms with Crippen molar-refractivity contribution >= 4 is 29.1 Å². The molecule has 1 fully saturated rings. The number of alkyl halides is 5. The van der Waals surface area contributed by atoms with Gasteiger partial charge in [-0.15, -0.1) is 11.3 Å². The minimum Gasteiger partial charge on any atom is -0.465 e. The molecule has 4 rings (SSSR count). The maximum absolute atomic E-state index is 13.2. The van der Waals surface area contributed by atoms with Crippen molar-refractivity contribution in [3.8, 4) is 5.75 Å². The summed E-state index contributed by atoms with van der Waals surface area (Å²) in [6.45, 7) is -2.05. The molecule has 2 aliphatic rings. The molecule has 3 atom stereocenters. The van der Waals surface area contributed by atoms with Crippen LogP contribution in [0.4, 0.5) is 27.8 Å². The van der Waals surface area contributed by atoms with Gasteiger partial charge in [-0.3, -0.25) is 4.79 Å². The summed E-state index contributed by atoms with van der Waals surface area (Å²) in [4.78, 5) is 25.1. The first-order valence-electron chi connectivity index (χ1n) is 9.83. The van der Waals surface area contributed by atoms with Gasteiger partial charge in [0.25, 0.3) is 11.9 Å². The highest BCUT2D eigenvalue weighted by Crippen LogP contribution is 2.47. The van der Waals surface area contributed by atoms with Crippen molar-refractivity contribution in [3.05, 3.63) is 33.9 Å². The van der Waals surface area contributed by atoms with E-state index >= 15 is 0 Å². The first kappa shape index (κ1) is 24.1. The van der Waals surface area contributed by atoms with Crippen LogP contribution in [0, 0.1) is 12.8 Å². The highest BCUT2D eigenvalue weighted by atomic mass is 32.1. The van der Waals surface area contributed by atoms with Gasteiger partial charge < -0.3 is 25.3 Å². The lowest BCUT2D eigenvalue weighted by molar-refractivity contribution is -0.249. The second kappa shape index (κ2) is 8.94. The van der Waals surface area contributed by atoms with Gasteiger partial charge in [0.05, 0.1) is 19.4 Å². The average molecular weight is 507 g/mol. The van der Waals surface area contributed by atoms with Crippen molar-refractivity contribution < 1.29 is 41.0 Å². The predicted octanol–water partition coefficient (Wildman–Crippen LogP) is 3.21. The van der Waals surface area contributed by atoms with Gasteiger partial charge in [0.15, 0.2) is 6.10 Å². The van der Waals surface area contributed by atoms with Crippen molar-refractivity contribution in [2.75, 3.05) is 18.5 Å². The Hall–Kier alpha value is -3.07. The number of ether oxygens (including phenoxy) is 3. The maximum atomic E-state index is 13.2. The van der Waals surface area contributed by atoms with Gasteiger partial charge >= 0.3 is 12.8 Å². The number of pyridine rings is 1. The number of hydrogen-bond acceptors (Lipinski definition) is 9. The van der Waals surface area contributed by atoms with Crippen molar-refractivity contribution in [1.29, 1.82) is 0 Å². The summed E-state index contributed by atoms with van der Waals surface area (Å²) in [6.07, 6.45) is -5.91. The van der Waals surface area contributed by atoms with Gasteiger partial charge in [-0.25, -0.2) is 15.0 Å². The number of nitrogens with zero attached hydrogens (tertiary/aromatic N) is 3. The smallest absolute Gasteiger partial charge is 0.414 e. The van der Waals surface area contributed by atoms with Crippen LogP contribution in [-0.4, -0.2) is 54.0 Å². The number of carbonyl (C=O) groups is 1. The number of amides is 1. The number of aromatic nitrogens is 2. The molecular weight excluding hydrogens is 489 g/mol. The third-order valence-electron chi connectivity index (χ3n) is 5.40. The molecule has 15 heteroatoms. The van der Waals surface area contributed by atoms with Crippen LogP contribution < -0.4 is 15.8 Å². The summed E-state index contributed by atoms with van der Waals surface area (Å²) >= 11 is 1.06. The molecule has 0 aromatic carbocycles. The zero-order chi connectivity index (χ0) is 24.7. The van der Waals surface area contributed by atoms with Gasteiger partial charge in [0.2, 0.25) is 0 Å². The molecule has 4 heterocycles. The third kappa shape index (κ3) is 4.75.